The summed E-state index contributed by atoms with van der Waals surface area (Å²) in [6.45, 7) is 8.74. The SMILES string of the molecule is Cc1ccc(S(=O)(=O)N2C[C@@H](NC(=O)OC(C)(C)C)CNC[C@@H]2Cc2ccc(OCc3ccccc3)cc2)cc1. The molecule has 2 N–H and O–H groups in total. The van der Waals surface area contributed by atoms with Gasteiger partial charge in [0.25, 0.3) is 0 Å². The second kappa shape index (κ2) is 12.8. The number of benzene rings is 3. The predicted molar refractivity (Wildman–Crippen MR) is 156 cm³/mol. The zero-order chi connectivity index (χ0) is 28.8. The van der Waals surface area contributed by atoms with Crippen LogP contribution in [0.4, 0.5) is 4.79 Å². The molecule has 1 aliphatic heterocycles. The van der Waals surface area contributed by atoms with Crippen LogP contribution < -0.4 is 15.4 Å². The number of hydrogen-bond acceptors (Lipinski definition) is 6. The highest BCUT2D eigenvalue weighted by Gasteiger charge is 2.36. The predicted octanol–water partition coefficient (Wildman–Crippen LogP) is 4.67. The van der Waals surface area contributed by atoms with Gasteiger partial charge in [-0.05, 0) is 69.5 Å². The fourth-order valence-corrected chi connectivity index (χ4v) is 6.25. The van der Waals surface area contributed by atoms with E-state index < -0.39 is 27.8 Å². The van der Waals surface area contributed by atoms with Crippen LogP contribution in [0.1, 0.15) is 37.5 Å². The molecule has 4 rings (SSSR count). The molecular weight excluding hydrogens is 526 g/mol. The normalized spacial score (nSPS) is 18.5. The van der Waals surface area contributed by atoms with E-state index in [0.717, 1.165) is 22.4 Å². The van der Waals surface area contributed by atoms with Gasteiger partial charge in [-0.15, -0.1) is 0 Å². The van der Waals surface area contributed by atoms with Gasteiger partial charge >= 0.3 is 6.09 Å². The monoisotopic (exact) mass is 565 g/mol. The Balaban J connectivity index is 1.52. The molecule has 0 radical (unpaired) electrons. The van der Waals surface area contributed by atoms with Crippen LogP contribution in [0.2, 0.25) is 0 Å². The molecule has 1 saturated heterocycles. The van der Waals surface area contributed by atoms with E-state index in [4.69, 9.17) is 9.47 Å². The van der Waals surface area contributed by atoms with E-state index in [1.165, 1.54) is 4.31 Å². The highest BCUT2D eigenvalue weighted by atomic mass is 32.2. The molecule has 3 aromatic carbocycles. The molecule has 2 atom stereocenters. The van der Waals surface area contributed by atoms with Crippen molar-refractivity contribution in [1.82, 2.24) is 14.9 Å². The zero-order valence-electron chi connectivity index (χ0n) is 23.6. The van der Waals surface area contributed by atoms with E-state index in [2.05, 4.69) is 10.6 Å². The highest BCUT2D eigenvalue weighted by molar-refractivity contribution is 7.89. The molecule has 1 aliphatic rings. The summed E-state index contributed by atoms with van der Waals surface area (Å²) in [5.41, 5.74) is 2.39. The number of alkyl carbamates (subject to hydrolysis) is 1. The van der Waals surface area contributed by atoms with Crippen LogP contribution in [0.15, 0.2) is 83.8 Å². The molecule has 8 nitrogen and oxygen atoms in total. The van der Waals surface area contributed by atoms with Crippen LogP contribution in [0.25, 0.3) is 0 Å². The third-order valence-electron chi connectivity index (χ3n) is 6.57. The van der Waals surface area contributed by atoms with Crippen molar-refractivity contribution < 1.29 is 22.7 Å². The molecule has 0 unspecified atom stereocenters. The third-order valence-corrected chi connectivity index (χ3v) is 8.50. The summed E-state index contributed by atoms with van der Waals surface area (Å²) in [6, 6.07) is 23.7. The number of ether oxygens (including phenoxy) is 2. The summed E-state index contributed by atoms with van der Waals surface area (Å²) in [4.78, 5) is 12.7. The van der Waals surface area contributed by atoms with Crippen molar-refractivity contribution in [3.8, 4) is 5.75 Å². The van der Waals surface area contributed by atoms with Crippen molar-refractivity contribution in [2.24, 2.45) is 0 Å². The Morgan fingerprint density at radius 1 is 0.950 bits per heavy atom. The Labute approximate surface area is 237 Å². The number of aryl methyl sites for hydroxylation is 1. The van der Waals surface area contributed by atoms with Gasteiger partial charge in [0.05, 0.1) is 10.9 Å². The minimum absolute atomic E-state index is 0.116. The van der Waals surface area contributed by atoms with Gasteiger partial charge in [-0.2, -0.15) is 4.31 Å². The fourth-order valence-electron chi connectivity index (χ4n) is 4.58. The maximum absolute atomic E-state index is 13.9. The number of sulfonamides is 1. The maximum atomic E-state index is 13.9. The van der Waals surface area contributed by atoms with Gasteiger partial charge < -0.3 is 20.1 Å². The van der Waals surface area contributed by atoms with Crippen LogP contribution in [0.3, 0.4) is 0 Å². The van der Waals surface area contributed by atoms with Gasteiger partial charge in [0, 0.05) is 25.7 Å². The molecule has 0 aliphatic carbocycles. The molecule has 214 valence electrons. The number of carbonyl (C=O) groups is 1. The van der Waals surface area contributed by atoms with E-state index in [1.54, 1.807) is 45.0 Å². The van der Waals surface area contributed by atoms with Gasteiger partial charge in [-0.25, -0.2) is 13.2 Å². The van der Waals surface area contributed by atoms with Crippen LogP contribution in [0.5, 0.6) is 5.75 Å². The van der Waals surface area contributed by atoms with E-state index >= 15 is 0 Å². The Hall–Kier alpha value is -3.40. The van der Waals surface area contributed by atoms with Crippen LogP contribution >= 0.6 is 0 Å². The molecular formula is C31H39N3O5S. The van der Waals surface area contributed by atoms with Crippen LogP contribution in [0, 0.1) is 6.92 Å². The molecule has 0 saturated carbocycles. The fraction of sp³-hybridized carbons (Fsp3) is 0.387. The molecule has 1 fully saturated rings. The van der Waals surface area contributed by atoms with Crippen molar-refractivity contribution in [2.45, 2.75) is 63.3 Å². The van der Waals surface area contributed by atoms with Crippen molar-refractivity contribution in [3.05, 3.63) is 95.6 Å². The Morgan fingerprint density at radius 2 is 1.62 bits per heavy atom. The quantitative estimate of drug-likeness (QED) is 0.412. The minimum Gasteiger partial charge on any atom is -0.489 e. The first-order valence-electron chi connectivity index (χ1n) is 13.5. The number of nitrogens with zero attached hydrogens (tertiary/aromatic N) is 1. The average Bonchev–Trinajstić information content (AvgIpc) is 3.10. The molecule has 3 aromatic rings. The summed E-state index contributed by atoms with van der Waals surface area (Å²) in [7, 11) is -3.85. The largest absolute Gasteiger partial charge is 0.489 e. The minimum atomic E-state index is -3.85. The lowest BCUT2D eigenvalue weighted by Gasteiger charge is -2.31. The summed E-state index contributed by atoms with van der Waals surface area (Å²) < 4.78 is 40.7. The summed E-state index contributed by atoms with van der Waals surface area (Å²) in [5.74, 6) is 0.748. The molecule has 0 bridgehead atoms. The first-order valence-corrected chi connectivity index (χ1v) is 15.0. The Morgan fingerprint density at radius 3 is 2.27 bits per heavy atom. The first-order chi connectivity index (χ1) is 19.0. The molecule has 40 heavy (non-hydrogen) atoms. The van der Waals surface area contributed by atoms with E-state index in [9.17, 15) is 13.2 Å². The topological polar surface area (TPSA) is 97.0 Å². The number of carbonyl (C=O) groups excluding carboxylic acids is 1. The second-order valence-electron chi connectivity index (χ2n) is 11.2. The van der Waals surface area contributed by atoms with Crippen LogP contribution in [-0.2, 0) is 27.8 Å². The van der Waals surface area contributed by atoms with Gasteiger partial charge in [-0.1, -0.05) is 60.2 Å². The number of hydrogen-bond donors (Lipinski definition) is 2. The molecule has 0 aromatic heterocycles. The van der Waals surface area contributed by atoms with Gasteiger partial charge in [0.15, 0.2) is 0 Å². The summed E-state index contributed by atoms with van der Waals surface area (Å²) in [5, 5.41) is 6.20. The molecule has 9 heteroatoms. The lowest BCUT2D eigenvalue weighted by molar-refractivity contribution is 0.0500. The van der Waals surface area contributed by atoms with Crippen LogP contribution in [-0.4, -0.2) is 56.1 Å². The van der Waals surface area contributed by atoms with E-state index in [1.807, 2.05) is 61.5 Å². The van der Waals surface area contributed by atoms with E-state index in [0.29, 0.717) is 26.1 Å². The maximum Gasteiger partial charge on any atom is 0.407 e. The third kappa shape index (κ3) is 8.30. The lowest BCUT2D eigenvalue weighted by atomic mass is 10.1. The average molecular weight is 566 g/mol. The standard InChI is InChI=1S/C31H39N3O5S/c1-23-10-16-29(17-11-23)40(36,37)34-21-26(33-30(35)39-31(2,3)4)19-32-20-27(34)18-24-12-14-28(15-13-24)38-22-25-8-6-5-7-9-25/h5-17,26-27,32H,18-22H2,1-4H3,(H,33,35)/t26-,27-/m0/s1. The van der Waals surface area contributed by atoms with Gasteiger partial charge in [0.2, 0.25) is 10.0 Å². The lowest BCUT2D eigenvalue weighted by Crippen LogP contribution is -2.50. The summed E-state index contributed by atoms with van der Waals surface area (Å²) >= 11 is 0. The smallest absolute Gasteiger partial charge is 0.407 e. The zero-order valence-corrected chi connectivity index (χ0v) is 24.4. The Kier molecular flexibility index (Phi) is 9.50. The van der Waals surface area contributed by atoms with Gasteiger partial charge in [0.1, 0.15) is 18.0 Å². The van der Waals surface area contributed by atoms with Crippen molar-refractivity contribution in [2.75, 3.05) is 19.6 Å². The first kappa shape index (κ1) is 29.6. The van der Waals surface area contributed by atoms with Gasteiger partial charge in [-0.3, -0.25) is 0 Å². The highest BCUT2D eigenvalue weighted by Crippen LogP contribution is 2.24. The number of nitrogens with one attached hydrogen (secondary N) is 2. The van der Waals surface area contributed by atoms with E-state index in [-0.39, 0.29) is 17.5 Å². The van der Waals surface area contributed by atoms with Crippen molar-refractivity contribution in [1.29, 1.82) is 0 Å². The number of amides is 1. The second-order valence-corrected chi connectivity index (χ2v) is 13.1. The summed E-state index contributed by atoms with van der Waals surface area (Å²) in [6.07, 6.45) is -0.0764. The van der Waals surface area contributed by atoms with Crippen molar-refractivity contribution >= 4 is 16.1 Å². The van der Waals surface area contributed by atoms with Crippen molar-refractivity contribution in [3.63, 3.8) is 0 Å². The number of rotatable bonds is 8. The Bertz CT molecular complexity index is 1350. The molecule has 1 amide bonds. The molecule has 0 spiro atoms. The molecule has 1 heterocycles.